The van der Waals surface area contributed by atoms with Crippen LogP contribution in [0.15, 0.2) is 113 Å². The van der Waals surface area contributed by atoms with Crippen LogP contribution in [0.4, 0.5) is 0 Å². The van der Waals surface area contributed by atoms with Crippen LogP contribution in [-0.2, 0) is 4.79 Å². The molecule has 4 aromatic rings. The molecule has 0 aliphatic heterocycles. The van der Waals surface area contributed by atoms with Gasteiger partial charge in [0, 0.05) is 4.47 Å². The van der Waals surface area contributed by atoms with Crippen LogP contribution in [0.2, 0.25) is 0 Å². The molecule has 0 spiro atoms. The predicted octanol–water partition coefficient (Wildman–Crippen LogP) is 5.86. The van der Waals surface area contributed by atoms with E-state index in [0.717, 1.165) is 21.2 Å². The summed E-state index contributed by atoms with van der Waals surface area (Å²) in [6, 6.07) is 31.3. The van der Waals surface area contributed by atoms with Crippen molar-refractivity contribution in [1.82, 2.24) is 5.43 Å². The SMILES string of the molecule is O=C(COc1ccc(-c2ccccc2)cc1)N/N=C\c1ccc(OC(=O)c2cccc(Br)c2)cc1. The second kappa shape index (κ2) is 11.8. The van der Waals surface area contributed by atoms with Gasteiger partial charge < -0.3 is 9.47 Å². The minimum absolute atomic E-state index is 0.160. The molecule has 0 unspecified atom stereocenters. The van der Waals surface area contributed by atoms with Crippen molar-refractivity contribution in [2.24, 2.45) is 5.10 Å². The minimum Gasteiger partial charge on any atom is -0.484 e. The molecule has 0 saturated carbocycles. The number of ether oxygens (including phenoxy) is 2. The second-order valence-electron chi connectivity index (χ2n) is 7.44. The zero-order valence-corrected chi connectivity index (χ0v) is 20.1. The van der Waals surface area contributed by atoms with Gasteiger partial charge in [0.25, 0.3) is 5.91 Å². The molecular weight excluding hydrogens is 508 g/mol. The number of benzene rings is 4. The average molecular weight is 529 g/mol. The van der Waals surface area contributed by atoms with Crippen LogP contribution in [0.25, 0.3) is 11.1 Å². The van der Waals surface area contributed by atoms with Crippen LogP contribution in [0.1, 0.15) is 15.9 Å². The molecular formula is C28H21BrN2O4. The van der Waals surface area contributed by atoms with E-state index in [-0.39, 0.29) is 12.5 Å². The average Bonchev–Trinajstić information content (AvgIpc) is 2.89. The highest BCUT2D eigenvalue weighted by atomic mass is 79.9. The number of hydrogen-bond donors (Lipinski definition) is 1. The van der Waals surface area contributed by atoms with E-state index in [1.807, 2.05) is 60.7 Å². The summed E-state index contributed by atoms with van der Waals surface area (Å²) in [5, 5.41) is 3.94. The maximum Gasteiger partial charge on any atom is 0.343 e. The molecule has 35 heavy (non-hydrogen) atoms. The Morgan fingerprint density at radius 1 is 0.800 bits per heavy atom. The highest BCUT2D eigenvalue weighted by Crippen LogP contribution is 2.22. The fraction of sp³-hybridized carbons (Fsp3) is 0.0357. The summed E-state index contributed by atoms with van der Waals surface area (Å²) in [6.07, 6.45) is 1.49. The number of rotatable bonds is 8. The van der Waals surface area contributed by atoms with Crippen LogP contribution in [-0.4, -0.2) is 24.7 Å². The van der Waals surface area contributed by atoms with E-state index >= 15 is 0 Å². The monoisotopic (exact) mass is 528 g/mol. The van der Waals surface area contributed by atoms with Gasteiger partial charge in [-0.15, -0.1) is 0 Å². The van der Waals surface area contributed by atoms with Crippen molar-refractivity contribution >= 4 is 34.0 Å². The molecule has 4 aromatic carbocycles. The summed E-state index contributed by atoms with van der Waals surface area (Å²) < 4.78 is 11.7. The maximum atomic E-state index is 12.2. The Balaban J connectivity index is 1.22. The first-order chi connectivity index (χ1) is 17.1. The van der Waals surface area contributed by atoms with Gasteiger partial charge in [-0.25, -0.2) is 10.2 Å². The van der Waals surface area contributed by atoms with Crippen LogP contribution in [0, 0.1) is 0 Å². The van der Waals surface area contributed by atoms with Crippen molar-refractivity contribution in [2.45, 2.75) is 0 Å². The molecule has 0 heterocycles. The summed E-state index contributed by atoms with van der Waals surface area (Å²) in [5.41, 5.74) is 5.78. The standard InChI is InChI=1S/C28H21BrN2O4/c29-24-8-4-7-23(17-24)28(33)35-26-13-9-20(10-14-26)18-30-31-27(32)19-34-25-15-11-22(12-16-25)21-5-2-1-3-6-21/h1-18H,19H2,(H,31,32)/b30-18-. The van der Waals surface area contributed by atoms with E-state index in [1.54, 1.807) is 42.5 Å². The number of carbonyl (C=O) groups excluding carboxylic acids is 2. The lowest BCUT2D eigenvalue weighted by Crippen LogP contribution is -2.24. The Bertz CT molecular complexity index is 1320. The van der Waals surface area contributed by atoms with Crippen LogP contribution in [0.5, 0.6) is 11.5 Å². The molecule has 174 valence electrons. The molecule has 0 aliphatic carbocycles. The first-order valence-corrected chi connectivity index (χ1v) is 11.5. The number of amides is 1. The third kappa shape index (κ3) is 7.12. The van der Waals surface area contributed by atoms with Gasteiger partial charge in [0.2, 0.25) is 0 Å². The van der Waals surface area contributed by atoms with Gasteiger partial charge >= 0.3 is 5.97 Å². The number of nitrogens with zero attached hydrogens (tertiary/aromatic N) is 1. The van der Waals surface area contributed by atoms with Crippen molar-refractivity contribution in [3.8, 4) is 22.6 Å². The van der Waals surface area contributed by atoms with Crippen molar-refractivity contribution in [3.63, 3.8) is 0 Å². The first-order valence-electron chi connectivity index (χ1n) is 10.7. The van der Waals surface area contributed by atoms with Gasteiger partial charge in [-0.3, -0.25) is 4.79 Å². The molecule has 0 atom stereocenters. The maximum absolute atomic E-state index is 12.2. The molecule has 7 heteroatoms. The van der Waals surface area contributed by atoms with E-state index in [1.165, 1.54) is 6.21 Å². The molecule has 0 bridgehead atoms. The molecule has 4 rings (SSSR count). The van der Waals surface area contributed by atoms with Crippen molar-refractivity contribution < 1.29 is 19.1 Å². The van der Waals surface area contributed by atoms with Gasteiger partial charge in [-0.2, -0.15) is 5.10 Å². The number of esters is 1. The van der Waals surface area contributed by atoms with E-state index < -0.39 is 5.97 Å². The van der Waals surface area contributed by atoms with E-state index in [4.69, 9.17) is 9.47 Å². The molecule has 1 N–H and O–H groups in total. The summed E-state index contributed by atoms with van der Waals surface area (Å²) in [7, 11) is 0. The second-order valence-corrected chi connectivity index (χ2v) is 8.36. The molecule has 0 saturated heterocycles. The summed E-state index contributed by atoms with van der Waals surface area (Å²) in [4.78, 5) is 24.2. The Labute approximate surface area is 211 Å². The predicted molar refractivity (Wildman–Crippen MR) is 139 cm³/mol. The molecule has 6 nitrogen and oxygen atoms in total. The van der Waals surface area contributed by atoms with Crippen LogP contribution < -0.4 is 14.9 Å². The lowest BCUT2D eigenvalue weighted by molar-refractivity contribution is -0.123. The highest BCUT2D eigenvalue weighted by molar-refractivity contribution is 9.10. The summed E-state index contributed by atoms with van der Waals surface area (Å²) in [6.45, 7) is -0.160. The number of nitrogens with one attached hydrogen (secondary N) is 1. The van der Waals surface area contributed by atoms with E-state index in [2.05, 4.69) is 26.5 Å². The number of carbonyl (C=O) groups is 2. The molecule has 0 fully saturated rings. The smallest absolute Gasteiger partial charge is 0.343 e. The third-order valence-corrected chi connectivity index (χ3v) is 5.38. The van der Waals surface area contributed by atoms with Crippen LogP contribution in [0.3, 0.4) is 0 Å². The summed E-state index contributed by atoms with van der Waals surface area (Å²) in [5.74, 6) is 0.169. The molecule has 1 amide bonds. The van der Waals surface area contributed by atoms with Crippen molar-refractivity contribution in [2.75, 3.05) is 6.61 Å². The summed E-state index contributed by atoms with van der Waals surface area (Å²) >= 11 is 3.33. The number of hydrazone groups is 1. The van der Waals surface area contributed by atoms with Crippen molar-refractivity contribution in [3.05, 3.63) is 119 Å². The lowest BCUT2D eigenvalue weighted by atomic mass is 10.1. The fourth-order valence-electron chi connectivity index (χ4n) is 3.14. The van der Waals surface area contributed by atoms with Gasteiger partial charge in [0.1, 0.15) is 11.5 Å². The van der Waals surface area contributed by atoms with E-state index in [0.29, 0.717) is 17.1 Å². The first kappa shape index (κ1) is 23.9. The topological polar surface area (TPSA) is 77.0 Å². The fourth-order valence-corrected chi connectivity index (χ4v) is 3.54. The van der Waals surface area contributed by atoms with Gasteiger partial charge in [0.15, 0.2) is 6.61 Å². The highest BCUT2D eigenvalue weighted by Gasteiger charge is 2.09. The Hall–Kier alpha value is -4.23. The number of hydrogen-bond acceptors (Lipinski definition) is 5. The van der Waals surface area contributed by atoms with Crippen LogP contribution >= 0.6 is 15.9 Å². The number of halogens is 1. The molecule has 0 aliphatic rings. The quantitative estimate of drug-likeness (QED) is 0.134. The van der Waals surface area contributed by atoms with Gasteiger partial charge in [-0.1, -0.05) is 64.5 Å². The van der Waals surface area contributed by atoms with Gasteiger partial charge in [-0.05, 0) is 71.3 Å². The Morgan fingerprint density at radius 3 is 2.20 bits per heavy atom. The van der Waals surface area contributed by atoms with E-state index in [9.17, 15) is 9.59 Å². The zero-order chi connectivity index (χ0) is 24.5. The molecule has 0 aromatic heterocycles. The Kier molecular flexibility index (Phi) is 8.04. The lowest BCUT2D eigenvalue weighted by Gasteiger charge is -2.07. The normalized spacial score (nSPS) is 10.7. The largest absolute Gasteiger partial charge is 0.484 e. The minimum atomic E-state index is -0.449. The third-order valence-electron chi connectivity index (χ3n) is 4.89. The zero-order valence-electron chi connectivity index (χ0n) is 18.6. The molecule has 0 radical (unpaired) electrons. The van der Waals surface area contributed by atoms with Crippen molar-refractivity contribution in [1.29, 1.82) is 0 Å². The Morgan fingerprint density at radius 2 is 1.49 bits per heavy atom. The van der Waals surface area contributed by atoms with Gasteiger partial charge in [0.05, 0.1) is 11.8 Å².